The van der Waals surface area contributed by atoms with Gasteiger partial charge in [0.2, 0.25) is 5.76 Å². The van der Waals surface area contributed by atoms with Crippen LogP contribution in [0.5, 0.6) is 0 Å². The third-order valence-corrected chi connectivity index (χ3v) is 4.19. The van der Waals surface area contributed by atoms with Crippen molar-refractivity contribution in [3.05, 3.63) is 68.7 Å². The van der Waals surface area contributed by atoms with Crippen molar-refractivity contribution >= 4 is 45.8 Å². The van der Waals surface area contributed by atoms with Crippen LogP contribution in [-0.2, 0) is 9.53 Å². The number of nitro groups is 1. The number of carbonyl (C=O) groups is 2. The molecule has 10 heteroatoms. The SMILES string of the molecule is Cc1c(C(=O)OCC(=O)Nc2ccc([N+](=O)[O-])cc2Cl)oc2c(F)cccc12. The predicted molar refractivity (Wildman–Crippen MR) is 97.9 cm³/mol. The van der Waals surface area contributed by atoms with E-state index in [1.807, 2.05) is 0 Å². The van der Waals surface area contributed by atoms with Crippen molar-refractivity contribution in [2.45, 2.75) is 6.92 Å². The standard InChI is InChI=1S/C18H12ClFN2O6/c1-9-11-3-2-4-13(20)17(11)28-16(9)18(24)27-8-15(23)21-14-6-5-10(22(25)26)7-12(14)19/h2-7H,8H2,1H3,(H,21,23). The smallest absolute Gasteiger partial charge is 0.375 e. The van der Waals surface area contributed by atoms with Crippen molar-refractivity contribution in [2.24, 2.45) is 0 Å². The Morgan fingerprint density at radius 1 is 1.32 bits per heavy atom. The van der Waals surface area contributed by atoms with Gasteiger partial charge >= 0.3 is 5.97 Å². The van der Waals surface area contributed by atoms with Gasteiger partial charge in [0, 0.05) is 23.1 Å². The number of aryl methyl sites for hydroxylation is 1. The first-order chi connectivity index (χ1) is 13.3. The highest BCUT2D eigenvalue weighted by molar-refractivity contribution is 6.34. The first kappa shape index (κ1) is 19.3. The van der Waals surface area contributed by atoms with E-state index >= 15 is 0 Å². The summed E-state index contributed by atoms with van der Waals surface area (Å²) in [5, 5.41) is 13.4. The van der Waals surface area contributed by atoms with Crippen molar-refractivity contribution in [3.63, 3.8) is 0 Å². The Kier molecular flexibility index (Phi) is 5.27. The molecule has 0 radical (unpaired) electrons. The van der Waals surface area contributed by atoms with E-state index in [-0.39, 0.29) is 27.7 Å². The van der Waals surface area contributed by atoms with E-state index < -0.39 is 29.2 Å². The summed E-state index contributed by atoms with van der Waals surface area (Å²) in [5.74, 6) is -2.48. The van der Waals surface area contributed by atoms with Crippen LogP contribution in [0, 0.1) is 22.9 Å². The number of furan rings is 1. The second-order valence-electron chi connectivity index (χ2n) is 5.72. The van der Waals surface area contributed by atoms with Crippen LogP contribution in [0.3, 0.4) is 0 Å². The van der Waals surface area contributed by atoms with Gasteiger partial charge in [-0.25, -0.2) is 9.18 Å². The van der Waals surface area contributed by atoms with Gasteiger partial charge < -0.3 is 14.5 Å². The summed E-state index contributed by atoms with van der Waals surface area (Å²) in [4.78, 5) is 34.2. The Hall–Kier alpha value is -3.46. The van der Waals surface area contributed by atoms with E-state index in [1.54, 1.807) is 13.0 Å². The number of hydrogen-bond donors (Lipinski definition) is 1. The maximum Gasteiger partial charge on any atom is 0.375 e. The molecule has 0 unspecified atom stereocenters. The van der Waals surface area contributed by atoms with E-state index in [2.05, 4.69) is 5.32 Å². The molecule has 0 saturated carbocycles. The van der Waals surface area contributed by atoms with Gasteiger partial charge in [0.05, 0.1) is 15.6 Å². The fourth-order valence-corrected chi connectivity index (χ4v) is 2.73. The van der Waals surface area contributed by atoms with Crippen molar-refractivity contribution in [3.8, 4) is 0 Å². The Morgan fingerprint density at radius 2 is 2.07 bits per heavy atom. The lowest BCUT2D eigenvalue weighted by Gasteiger charge is -2.07. The summed E-state index contributed by atoms with van der Waals surface area (Å²) in [6.07, 6.45) is 0. The summed E-state index contributed by atoms with van der Waals surface area (Å²) in [6.45, 7) is 0.906. The molecule has 3 aromatic rings. The molecule has 0 aliphatic carbocycles. The largest absolute Gasteiger partial charge is 0.450 e. The first-order valence-electron chi connectivity index (χ1n) is 7.86. The molecule has 0 aliphatic heterocycles. The number of nitro benzene ring substituents is 1. The minimum atomic E-state index is -0.932. The topological polar surface area (TPSA) is 112 Å². The van der Waals surface area contributed by atoms with Crippen LogP contribution in [0.1, 0.15) is 16.1 Å². The molecule has 2 aromatic carbocycles. The van der Waals surface area contributed by atoms with E-state index in [9.17, 15) is 24.1 Å². The van der Waals surface area contributed by atoms with E-state index in [1.165, 1.54) is 24.3 Å². The van der Waals surface area contributed by atoms with E-state index in [0.717, 1.165) is 6.07 Å². The summed E-state index contributed by atoms with van der Waals surface area (Å²) < 4.78 is 23.9. The van der Waals surface area contributed by atoms with Crippen LogP contribution >= 0.6 is 11.6 Å². The third kappa shape index (κ3) is 3.79. The molecule has 1 N–H and O–H groups in total. The maximum absolute atomic E-state index is 13.8. The van der Waals surface area contributed by atoms with Crippen LogP contribution in [0.25, 0.3) is 11.0 Å². The number of halogens is 2. The molecule has 0 fully saturated rings. The molecule has 1 aromatic heterocycles. The van der Waals surface area contributed by atoms with Gasteiger partial charge in [-0.1, -0.05) is 23.7 Å². The number of anilines is 1. The Balaban J connectivity index is 1.67. The Bertz CT molecular complexity index is 1110. The molecule has 1 heterocycles. The molecular formula is C18H12ClFN2O6. The van der Waals surface area contributed by atoms with Gasteiger partial charge in [-0.15, -0.1) is 0 Å². The number of carbonyl (C=O) groups excluding carboxylic acids is 2. The van der Waals surface area contributed by atoms with Crippen LogP contribution in [0.4, 0.5) is 15.8 Å². The summed E-state index contributed by atoms with van der Waals surface area (Å²) in [7, 11) is 0. The summed E-state index contributed by atoms with van der Waals surface area (Å²) in [6, 6.07) is 7.78. The average molecular weight is 407 g/mol. The van der Waals surface area contributed by atoms with Gasteiger partial charge in [0.25, 0.3) is 11.6 Å². The second kappa shape index (κ2) is 7.65. The summed E-state index contributed by atoms with van der Waals surface area (Å²) in [5.41, 5.74) is 0.199. The number of para-hydroxylation sites is 1. The summed E-state index contributed by atoms with van der Waals surface area (Å²) >= 11 is 5.88. The molecule has 1 amide bonds. The fraction of sp³-hybridized carbons (Fsp3) is 0.111. The lowest BCUT2D eigenvalue weighted by atomic mass is 10.1. The Morgan fingerprint density at radius 3 is 2.71 bits per heavy atom. The molecule has 0 saturated heterocycles. The molecular weight excluding hydrogens is 395 g/mol. The number of ether oxygens (including phenoxy) is 1. The average Bonchev–Trinajstić information content (AvgIpc) is 2.99. The third-order valence-electron chi connectivity index (χ3n) is 3.87. The molecule has 144 valence electrons. The number of hydrogen-bond acceptors (Lipinski definition) is 6. The highest BCUT2D eigenvalue weighted by Crippen LogP contribution is 2.28. The molecule has 0 atom stereocenters. The normalized spacial score (nSPS) is 10.7. The number of fused-ring (bicyclic) bond motifs is 1. The molecule has 28 heavy (non-hydrogen) atoms. The van der Waals surface area contributed by atoms with Gasteiger partial charge in [-0.2, -0.15) is 0 Å². The molecule has 0 spiro atoms. The lowest BCUT2D eigenvalue weighted by molar-refractivity contribution is -0.384. The number of non-ortho nitro benzene ring substituents is 1. The van der Waals surface area contributed by atoms with Crippen LogP contribution in [0.15, 0.2) is 40.8 Å². The van der Waals surface area contributed by atoms with Crippen LogP contribution in [0.2, 0.25) is 5.02 Å². The van der Waals surface area contributed by atoms with Gasteiger partial charge in [-0.05, 0) is 19.1 Å². The zero-order chi connectivity index (χ0) is 20.4. The minimum absolute atomic E-state index is 0.0440. The highest BCUT2D eigenvalue weighted by Gasteiger charge is 2.22. The monoisotopic (exact) mass is 406 g/mol. The highest BCUT2D eigenvalue weighted by atomic mass is 35.5. The maximum atomic E-state index is 13.8. The zero-order valence-corrected chi connectivity index (χ0v) is 15.1. The number of esters is 1. The van der Waals surface area contributed by atoms with Crippen molar-refractivity contribution < 1.29 is 28.1 Å². The lowest BCUT2D eigenvalue weighted by Crippen LogP contribution is -2.21. The zero-order valence-electron chi connectivity index (χ0n) is 14.3. The van der Waals surface area contributed by atoms with Crippen molar-refractivity contribution in [2.75, 3.05) is 11.9 Å². The van der Waals surface area contributed by atoms with Crippen LogP contribution < -0.4 is 5.32 Å². The van der Waals surface area contributed by atoms with Crippen molar-refractivity contribution in [1.82, 2.24) is 0 Å². The molecule has 3 rings (SSSR count). The first-order valence-corrected chi connectivity index (χ1v) is 8.24. The van der Waals surface area contributed by atoms with E-state index in [4.69, 9.17) is 20.8 Å². The number of nitrogens with zero attached hydrogens (tertiary/aromatic N) is 1. The van der Waals surface area contributed by atoms with Gasteiger partial charge in [0.15, 0.2) is 18.0 Å². The molecule has 0 bridgehead atoms. The quantitative estimate of drug-likeness (QED) is 0.385. The van der Waals surface area contributed by atoms with Gasteiger partial charge in [0.1, 0.15) is 0 Å². The Labute approximate surface area is 162 Å². The van der Waals surface area contributed by atoms with E-state index in [0.29, 0.717) is 10.9 Å². The number of nitrogens with one attached hydrogen (secondary N) is 1. The van der Waals surface area contributed by atoms with Gasteiger partial charge in [-0.3, -0.25) is 14.9 Å². The molecule has 0 aliphatic rings. The second-order valence-corrected chi connectivity index (χ2v) is 6.13. The van der Waals surface area contributed by atoms with Crippen molar-refractivity contribution in [1.29, 1.82) is 0 Å². The van der Waals surface area contributed by atoms with Crippen LogP contribution in [-0.4, -0.2) is 23.4 Å². The molecule has 8 nitrogen and oxygen atoms in total. The number of benzene rings is 2. The number of rotatable bonds is 5. The number of amides is 1. The predicted octanol–water partition coefficient (Wildman–Crippen LogP) is 4.24. The minimum Gasteiger partial charge on any atom is -0.450 e. The fourth-order valence-electron chi connectivity index (χ4n) is 2.51.